The van der Waals surface area contributed by atoms with Gasteiger partial charge in [-0.2, -0.15) is 4.72 Å². The molecule has 2 aromatic rings. The van der Waals surface area contributed by atoms with E-state index in [0.717, 1.165) is 0 Å². The summed E-state index contributed by atoms with van der Waals surface area (Å²) in [7, 11) is -3.96. The Balaban J connectivity index is 2.12. The van der Waals surface area contributed by atoms with E-state index in [-0.39, 0.29) is 22.8 Å². The van der Waals surface area contributed by atoms with Crippen molar-refractivity contribution in [3.05, 3.63) is 52.8 Å². The molecular weight excluding hydrogens is 436 g/mol. The molecule has 0 fully saturated rings. The van der Waals surface area contributed by atoms with E-state index in [0.29, 0.717) is 11.3 Å². The summed E-state index contributed by atoms with van der Waals surface area (Å²) >= 11 is 0. The maximum Gasteiger partial charge on any atom is 0.340 e. The molecular formula is C22H28N2O7S. The van der Waals surface area contributed by atoms with Crippen LogP contribution in [0, 0.1) is 19.8 Å². The highest BCUT2D eigenvalue weighted by atomic mass is 32.2. The van der Waals surface area contributed by atoms with Crippen LogP contribution in [0.15, 0.2) is 35.2 Å². The van der Waals surface area contributed by atoms with Crippen LogP contribution in [0.2, 0.25) is 0 Å². The molecule has 0 aliphatic rings. The molecule has 10 heteroatoms. The molecule has 9 nitrogen and oxygen atoms in total. The average molecular weight is 465 g/mol. The summed E-state index contributed by atoms with van der Waals surface area (Å²) in [4.78, 5) is 40.2. The van der Waals surface area contributed by atoms with Gasteiger partial charge in [-0.15, -0.1) is 0 Å². The Morgan fingerprint density at radius 3 is 2.25 bits per heavy atom. The van der Waals surface area contributed by atoms with E-state index in [1.54, 1.807) is 52.8 Å². The molecule has 0 aliphatic carbocycles. The van der Waals surface area contributed by atoms with Crippen LogP contribution in [0.4, 0.5) is 0 Å². The number of sulfonamides is 1. The number of aryl methyl sites for hydroxylation is 1. The number of nitrogens with one attached hydrogen (secondary N) is 2. The molecule has 0 bridgehead atoms. The first-order valence-electron chi connectivity index (χ1n) is 10.1. The highest BCUT2D eigenvalue weighted by Gasteiger charge is 2.31. The third-order valence-corrected chi connectivity index (χ3v) is 6.25. The van der Waals surface area contributed by atoms with Crippen molar-refractivity contribution in [1.29, 1.82) is 0 Å². The Kier molecular flexibility index (Phi) is 8.34. The first kappa shape index (κ1) is 25.3. The van der Waals surface area contributed by atoms with E-state index in [2.05, 4.69) is 9.71 Å². The lowest BCUT2D eigenvalue weighted by atomic mass is 10.1. The molecule has 32 heavy (non-hydrogen) atoms. The zero-order valence-corrected chi connectivity index (χ0v) is 19.5. The lowest BCUT2D eigenvalue weighted by Crippen LogP contribution is -2.45. The van der Waals surface area contributed by atoms with Crippen LogP contribution < -0.4 is 4.72 Å². The van der Waals surface area contributed by atoms with Crippen LogP contribution in [-0.4, -0.2) is 50.4 Å². The Hall–Kier alpha value is -2.98. The second kappa shape index (κ2) is 10.6. The van der Waals surface area contributed by atoms with Crippen molar-refractivity contribution in [3.63, 3.8) is 0 Å². The van der Waals surface area contributed by atoms with E-state index in [1.165, 1.54) is 12.1 Å². The smallest absolute Gasteiger partial charge is 0.340 e. The Labute approximate surface area is 187 Å². The number of aromatic amines is 1. The molecule has 2 N–H and O–H groups in total. The predicted molar refractivity (Wildman–Crippen MR) is 117 cm³/mol. The largest absolute Gasteiger partial charge is 0.462 e. The van der Waals surface area contributed by atoms with Crippen molar-refractivity contribution in [2.75, 3.05) is 13.2 Å². The van der Waals surface area contributed by atoms with Crippen LogP contribution in [0.3, 0.4) is 0 Å². The van der Waals surface area contributed by atoms with Gasteiger partial charge in [0.1, 0.15) is 6.04 Å². The van der Waals surface area contributed by atoms with Gasteiger partial charge in [0, 0.05) is 5.69 Å². The molecule has 1 aromatic heterocycles. The molecule has 2 rings (SSSR count). The van der Waals surface area contributed by atoms with Crippen LogP contribution in [0.1, 0.15) is 52.9 Å². The first-order valence-corrected chi connectivity index (χ1v) is 11.6. The summed E-state index contributed by atoms with van der Waals surface area (Å²) in [5, 5.41) is 0. The Morgan fingerprint density at radius 2 is 1.69 bits per heavy atom. The van der Waals surface area contributed by atoms with Crippen molar-refractivity contribution in [2.24, 2.45) is 5.92 Å². The SMILES string of the molecule is CCOC(=O)c1c(C)[nH]c(C(=O)COC(=O)[C@H](NS(=O)(=O)c2ccccc2)C(C)C)c1C. The fourth-order valence-electron chi connectivity index (χ4n) is 3.13. The minimum Gasteiger partial charge on any atom is -0.462 e. The normalized spacial score (nSPS) is 12.4. The number of hydrogen-bond acceptors (Lipinski definition) is 7. The summed E-state index contributed by atoms with van der Waals surface area (Å²) < 4.78 is 37.6. The van der Waals surface area contributed by atoms with Gasteiger partial charge in [0.2, 0.25) is 15.8 Å². The maximum atomic E-state index is 12.6. The molecule has 0 radical (unpaired) electrons. The average Bonchev–Trinajstić information content (AvgIpc) is 3.04. The van der Waals surface area contributed by atoms with Crippen LogP contribution in [-0.2, 0) is 24.3 Å². The van der Waals surface area contributed by atoms with E-state index < -0.39 is 46.3 Å². The second-order valence-corrected chi connectivity index (χ2v) is 9.25. The number of aromatic nitrogens is 1. The number of esters is 2. The van der Waals surface area contributed by atoms with Crippen molar-refractivity contribution >= 4 is 27.7 Å². The number of rotatable bonds is 10. The summed E-state index contributed by atoms with van der Waals surface area (Å²) in [5.74, 6) is -2.41. The standard InChI is InChI=1S/C22H28N2O7S/c1-6-30-21(26)18-14(4)20(23-15(18)5)17(25)12-31-22(27)19(13(2)3)24-32(28,29)16-10-8-7-9-11-16/h7-11,13,19,23-24H,6,12H2,1-5H3/t19-/m1/s1. The van der Waals surface area contributed by atoms with Gasteiger partial charge in [0.15, 0.2) is 6.61 Å². The maximum absolute atomic E-state index is 12.6. The Bertz CT molecular complexity index is 1090. The zero-order chi connectivity index (χ0) is 24.1. The fraction of sp³-hybridized carbons (Fsp3) is 0.409. The number of ether oxygens (including phenoxy) is 2. The van der Waals surface area contributed by atoms with Gasteiger partial charge in [-0.3, -0.25) is 9.59 Å². The molecule has 0 saturated heterocycles. The fourth-order valence-corrected chi connectivity index (χ4v) is 4.48. The third-order valence-electron chi connectivity index (χ3n) is 4.80. The number of H-pyrrole nitrogens is 1. The first-order chi connectivity index (χ1) is 15.0. The number of carbonyl (C=O) groups is 3. The monoisotopic (exact) mass is 464 g/mol. The van der Waals surface area contributed by atoms with Gasteiger partial charge in [0.25, 0.3) is 0 Å². The third kappa shape index (κ3) is 5.83. The van der Waals surface area contributed by atoms with Crippen molar-refractivity contribution < 1.29 is 32.3 Å². The highest BCUT2D eigenvalue weighted by molar-refractivity contribution is 7.89. The highest BCUT2D eigenvalue weighted by Crippen LogP contribution is 2.20. The van der Waals surface area contributed by atoms with Crippen LogP contribution >= 0.6 is 0 Å². The minimum absolute atomic E-state index is 0.0125. The van der Waals surface area contributed by atoms with Crippen molar-refractivity contribution in [2.45, 2.75) is 45.6 Å². The van der Waals surface area contributed by atoms with Gasteiger partial charge >= 0.3 is 11.9 Å². The van der Waals surface area contributed by atoms with Gasteiger partial charge in [-0.05, 0) is 44.4 Å². The number of hydrogen-bond donors (Lipinski definition) is 2. The van der Waals surface area contributed by atoms with Crippen LogP contribution in [0.5, 0.6) is 0 Å². The lowest BCUT2D eigenvalue weighted by molar-refractivity contribution is -0.145. The molecule has 1 heterocycles. The van der Waals surface area contributed by atoms with E-state index >= 15 is 0 Å². The van der Waals surface area contributed by atoms with Gasteiger partial charge in [-0.1, -0.05) is 32.0 Å². The van der Waals surface area contributed by atoms with E-state index in [1.807, 2.05) is 0 Å². The number of Topliss-reactive ketones (excluding diaryl/α,β-unsaturated/α-hetero) is 1. The molecule has 0 spiro atoms. The van der Waals surface area contributed by atoms with E-state index in [4.69, 9.17) is 9.47 Å². The molecule has 0 aliphatic heterocycles. The summed E-state index contributed by atoms with van der Waals surface area (Å²) in [6, 6.07) is 6.45. The predicted octanol–water partition coefficient (Wildman–Crippen LogP) is 2.54. The van der Waals surface area contributed by atoms with Crippen LogP contribution in [0.25, 0.3) is 0 Å². The van der Waals surface area contributed by atoms with Crippen molar-refractivity contribution in [1.82, 2.24) is 9.71 Å². The second-order valence-electron chi connectivity index (χ2n) is 7.53. The quantitative estimate of drug-likeness (QED) is 0.408. The van der Waals surface area contributed by atoms with E-state index in [9.17, 15) is 22.8 Å². The lowest BCUT2D eigenvalue weighted by Gasteiger charge is -2.20. The number of carbonyl (C=O) groups excluding carboxylic acids is 3. The molecule has 0 saturated carbocycles. The summed E-state index contributed by atoms with van der Waals surface area (Å²) in [5.41, 5.74) is 1.25. The van der Waals surface area contributed by atoms with Gasteiger partial charge in [-0.25, -0.2) is 13.2 Å². The number of benzene rings is 1. The number of ketones is 1. The molecule has 0 unspecified atom stereocenters. The molecule has 1 aromatic carbocycles. The Morgan fingerprint density at radius 1 is 1.06 bits per heavy atom. The van der Waals surface area contributed by atoms with Gasteiger partial charge < -0.3 is 14.5 Å². The minimum atomic E-state index is -3.96. The summed E-state index contributed by atoms with van der Waals surface area (Å²) in [6.07, 6.45) is 0. The zero-order valence-electron chi connectivity index (χ0n) is 18.7. The molecule has 174 valence electrons. The summed E-state index contributed by atoms with van der Waals surface area (Å²) in [6.45, 7) is 7.80. The topological polar surface area (TPSA) is 132 Å². The molecule has 1 atom stereocenters. The van der Waals surface area contributed by atoms with Crippen molar-refractivity contribution in [3.8, 4) is 0 Å². The molecule has 0 amide bonds. The van der Waals surface area contributed by atoms with Gasteiger partial charge in [0.05, 0.1) is 22.8 Å².